The standard InChI is InChI=1S/C19H25N5O2/c1-13-10-17(23-19(22-13)16-4-7-20-8-5-16)21-9-6-18(25)24-11-14(2)26-15(3)12-24/h4-5,7-8,10,14-15H,6,9,11-12H2,1-3H3,(H,21,22,23)/t14-,15-/m0/s1. The molecule has 0 radical (unpaired) electrons. The number of nitrogens with zero attached hydrogens (tertiary/aromatic N) is 4. The summed E-state index contributed by atoms with van der Waals surface area (Å²) in [6.07, 6.45) is 4.03. The molecule has 26 heavy (non-hydrogen) atoms. The smallest absolute Gasteiger partial charge is 0.224 e. The normalized spacial score (nSPS) is 20.0. The Morgan fingerprint density at radius 2 is 1.92 bits per heavy atom. The first-order chi connectivity index (χ1) is 12.5. The van der Waals surface area contributed by atoms with E-state index in [4.69, 9.17) is 4.74 Å². The summed E-state index contributed by atoms with van der Waals surface area (Å²) >= 11 is 0. The Morgan fingerprint density at radius 1 is 1.23 bits per heavy atom. The molecule has 1 N–H and O–H groups in total. The van der Waals surface area contributed by atoms with E-state index in [-0.39, 0.29) is 18.1 Å². The number of carbonyl (C=O) groups excluding carboxylic acids is 1. The highest BCUT2D eigenvalue weighted by Gasteiger charge is 2.25. The van der Waals surface area contributed by atoms with E-state index in [1.165, 1.54) is 0 Å². The Kier molecular flexibility index (Phi) is 5.78. The second kappa shape index (κ2) is 8.23. The van der Waals surface area contributed by atoms with E-state index in [0.717, 1.165) is 17.1 Å². The van der Waals surface area contributed by atoms with Crippen LogP contribution in [0.5, 0.6) is 0 Å². The number of rotatable bonds is 5. The minimum Gasteiger partial charge on any atom is -0.372 e. The third-order valence-electron chi connectivity index (χ3n) is 4.21. The molecule has 1 fully saturated rings. The van der Waals surface area contributed by atoms with Crippen LogP contribution in [0.25, 0.3) is 11.4 Å². The van der Waals surface area contributed by atoms with Gasteiger partial charge < -0.3 is 15.0 Å². The minimum absolute atomic E-state index is 0.0862. The van der Waals surface area contributed by atoms with Crippen LogP contribution in [0.1, 0.15) is 26.0 Å². The lowest BCUT2D eigenvalue weighted by molar-refractivity contribution is -0.142. The van der Waals surface area contributed by atoms with Gasteiger partial charge in [-0.3, -0.25) is 9.78 Å². The number of morpholine rings is 1. The Hall–Kier alpha value is -2.54. The number of hydrogen-bond acceptors (Lipinski definition) is 6. The molecule has 3 heterocycles. The fourth-order valence-electron chi connectivity index (χ4n) is 3.13. The molecule has 7 heteroatoms. The number of pyridine rings is 1. The number of hydrogen-bond donors (Lipinski definition) is 1. The van der Waals surface area contributed by atoms with Crippen molar-refractivity contribution in [1.82, 2.24) is 19.9 Å². The van der Waals surface area contributed by atoms with Gasteiger partial charge in [0.1, 0.15) is 5.82 Å². The zero-order valence-electron chi connectivity index (χ0n) is 15.5. The third kappa shape index (κ3) is 4.76. The van der Waals surface area contributed by atoms with Gasteiger partial charge in [-0.05, 0) is 32.9 Å². The number of amides is 1. The lowest BCUT2D eigenvalue weighted by Crippen LogP contribution is -2.48. The van der Waals surface area contributed by atoms with Crippen molar-refractivity contribution >= 4 is 11.7 Å². The molecule has 0 spiro atoms. The Balaban J connectivity index is 1.58. The van der Waals surface area contributed by atoms with Crippen LogP contribution in [0.15, 0.2) is 30.6 Å². The van der Waals surface area contributed by atoms with E-state index < -0.39 is 0 Å². The molecule has 2 aromatic rings. The first-order valence-corrected chi connectivity index (χ1v) is 8.94. The number of carbonyl (C=O) groups is 1. The molecular formula is C19H25N5O2. The topological polar surface area (TPSA) is 80.2 Å². The molecule has 1 saturated heterocycles. The molecule has 138 valence electrons. The van der Waals surface area contributed by atoms with Crippen molar-refractivity contribution in [2.45, 2.75) is 39.4 Å². The summed E-state index contributed by atoms with van der Waals surface area (Å²) < 4.78 is 5.68. The van der Waals surface area contributed by atoms with Crippen LogP contribution in [0.4, 0.5) is 5.82 Å². The second-order valence-electron chi connectivity index (χ2n) is 6.69. The Labute approximate surface area is 153 Å². The average molecular weight is 355 g/mol. The fourth-order valence-corrected chi connectivity index (χ4v) is 3.13. The summed E-state index contributed by atoms with van der Waals surface area (Å²) in [5, 5.41) is 3.24. The maximum atomic E-state index is 12.4. The van der Waals surface area contributed by atoms with Crippen LogP contribution in [0.2, 0.25) is 0 Å². The van der Waals surface area contributed by atoms with E-state index in [2.05, 4.69) is 20.3 Å². The molecule has 3 rings (SSSR count). The van der Waals surface area contributed by atoms with Crippen LogP contribution < -0.4 is 5.32 Å². The van der Waals surface area contributed by atoms with Gasteiger partial charge >= 0.3 is 0 Å². The molecule has 1 aliphatic heterocycles. The highest BCUT2D eigenvalue weighted by molar-refractivity contribution is 5.77. The van der Waals surface area contributed by atoms with Gasteiger partial charge in [0.2, 0.25) is 5.91 Å². The van der Waals surface area contributed by atoms with E-state index in [9.17, 15) is 4.79 Å². The van der Waals surface area contributed by atoms with E-state index in [0.29, 0.717) is 31.9 Å². The maximum absolute atomic E-state index is 12.4. The van der Waals surface area contributed by atoms with Crippen molar-refractivity contribution in [3.63, 3.8) is 0 Å². The number of aromatic nitrogens is 3. The highest BCUT2D eigenvalue weighted by atomic mass is 16.5. The van der Waals surface area contributed by atoms with Crippen LogP contribution in [-0.4, -0.2) is 57.6 Å². The molecule has 0 saturated carbocycles. The lowest BCUT2D eigenvalue weighted by atomic mass is 10.2. The van der Waals surface area contributed by atoms with Gasteiger partial charge in [-0.15, -0.1) is 0 Å². The van der Waals surface area contributed by atoms with Gasteiger partial charge in [0.05, 0.1) is 12.2 Å². The van der Waals surface area contributed by atoms with Crippen LogP contribution in [-0.2, 0) is 9.53 Å². The number of nitrogens with one attached hydrogen (secondary N) is 1. The average Bonchev–Trinajstić information content (AvgIpc) is 2.61. The number of anilines is 1. The van der Waals surface area contributed by atoms with Crippen molar-refractivity contribution in [3.05, 3.63) is 36.3 Å². The summed E-state index contributed by atoms with van der Waals surface area (Å²) in [5.74, 6) is 1.51. The number of aryl methyl sites for hydroxylation is 1. The van der Waals surface area contributed by atoms with Gasteiger partial charge in [0.25, 0.3) is 0 Å². The first-order valence-electron chi connectivity index (χ1n) is 8.94. The minimum atomic E-state index is 0.0862. The quantitative estimate of drug-likeness (QED) is 0.886. The molecule has 0 aliphatic carbocycles. The summed E-state index contributed by atoms with van der Waals surface area (Å²) in [4.78, 5) is 27.3. The molecule has 2 atom stereocenters. The zero-order valence-corrected chi connectivity index (χ0v) is 15.5. The predicted molar refractivity (Wildman–Crippen MR) is 99.7 cm³/mol. The maximum Gasteiger partial charge on any atom is 0.224 e. The van der Waals surface area contributed by atoms with Crippen molar-refractivity contribution < 1.29 is 9.53 Å². The monoisotopic (exact) mass is 355 g/mol. The van der Waals surface area contributed by atoms with Gasteiger partial charge in [0.15, 0.2) is 5.82 Å². The fraction of sp³-hybridized carbons (Fsp3) is 0.474. The first kappa shape index (κ1) is 18.3. The van der Waals surface area contributed by atoms with Crippen LogP contribution in [0.3, 0.4) is 0 Å². The summed E-state index contributed by atoms with van der Waals surface area (Å²) in [6, 6.07) is 5.64. The van der Waals surface area contributed by atoms with Gasteiger partial charge in [-0.25, -0.2) is 9.97 Å². The predicted octanol–water partition coefficient (Wildman–Crippen LogP) is 2.28. The molecular weight excluding hydrogens is 330 g/mol. The Morgan fingerprint density at radius 3 is 2.62 bits per heavy atom. The molecule has 0 bridgehead atoms. The molecule has 0 aromatic carbocycles. The highest BCUT2D eigenvalue weighted by Crippen LogP contribution is 2.17. The molecule has 0 unspecified atom stereocenters. The zero-order chi connectivity index (χ0) is 18.5. The van der Waals surface area contributed by atoms with Crippen LogP contribution in [0, 0.1) is 6.92 Å². The van der Waals surface area contributed by atoms with Crippen molar-refractivity contribution in [3.8, 4) is 11.4 Å². The summed E-state index contributed by atoms with van der Waals surface area (Å²) in [6.45, 7) is 7.77. The van der Waals surface area contributed by atoms with Gasteiger partial charge in [0, 0.05) is 55.8 Å². The van der Waals surface area contributed by atoms with Gasteiger partial charge in [-0.2, -0.15) is 0 Å². The molecule has 1 aliphatic rings. The van der Waals surface area contributed by atoms with E-state index >= 15 is 0 Å². The van der Waals surface area contributed by atoms with Crippen LogP contribution >= 0.6 is 0 Å². The lowest BCUT2D eigenvalue weighted by Gasteiger charge is -2.35. The van der Waals surface area contributed by atoms with Gasteiger partial charge in [-0.1, -0.05) is 0 Å². The van der Waals surface area contributed by atoms with Crippen molar-refractivity contribution in [1.29, 1.82) is 0 Å². The van der Waals surface area contributed by atoms with Crippen molar-refractivity contribution in [2.75, 3.05) is 25.0 Å². The SMILES string of the molecule is Cc1cc(NCCC(=O)N2C[C@H](C)O[C@@H](C)C2)nc(-c2ccncc2)n1. The summed E-state index contributed by atoms with van der Waals surface area (Å²) in [5.41, 5.74) is 1.79. The van der Waals surface area contributed by atoms with Crippen molar-refractivity contribution in [2.24, 2.45) is 0 Å². The third-order valence-corrected chi connectivity index (χ3v) is 4.21. The molecule has 1 amide bonds. The van der Waals surface area contributed by atoms with E-state index in [1.807, 2.05) is 43.9 Å². The molecule has 7 nitrogen and oxygen atoms in total. The largest absolute Gasteiger partial charge is 0.372 e. The Bertz CT molecular complexity index is 743. The van der Waals surface area contributed by atoms with E-state index in [1.54, 1.807) is 12.4 Å². The second-order valence-corrected chi connectivity index (χ2v) is 6.69. The summed E-state index contributed by atoms with van der Waals surface area (Å²) in [7, 11) is 0. The number of ether oxygens (including phenoxy) is 1. The molecule has 2 aromatic heterocycles.